The van der Waals surface area contributed by atoms with Crippen LogP contribution in [-0.4, -0.2) is 62.6 Å². The maximum Gasteiger partial charge on any atom is 0.417 e. The second-order valence-electron chi connectivity index (χ2n) is 10.8. The molecule has 4 rings (SSSR count). The van der Waals surface area contributed by atoms with Gasteiger partial charge in [0.2, 0.25) is 0 Å². The summed E-state index contributed by atoms with van der Waals surface area (Å²) in [5.74, 6) is -0.651. The third-order valence-electron chi connectivity index (χ3n) is 6.94. The Kier molecular flexibility index (Phi) is 8.04. The Morgan fingerprint density at radius 3 is 2.53 bits per heavy atom. The van der Waals surface area contributed by atoms with E-state index in [9.17, 15) is 27.9 Å². The van der Waals surface area contributed by atoms with Crippen LogP contribution in [-0.2, 0) is 6.18 Å². The average molecular weight is 554 g/mol. The second-order valence-corrected chi connectivity index (χ2v) is 11.8. The van der Waals surface area contributed by atoms with Gasteiger partial charge in [0.15, 0.2) is 5.01 Å². The van der Waals surface area contributed by atoms with Crippen LogP contribution in [0.15, 0.2) is 12.3 Å². The molecule has 0 aromatic carbocycles. The molecular formula is C26H34F3N5O3S. The van der Waals surface area contributed by atoms with Crippen LogP contribution >= 0.6 is 11.3 Å². The summed E-state index contributed by atoms with van der Waals surface area (Å²) in [4.78, 5) is 36.3. The van der Waals surface area contributed by atoms with Gasteiger partial charge in [-0.3, -0.25) is 9.59 Å². The van der Waals surface area contributed by atoms with E-state index in [0.29, 0.717) is 23.8 Å². The van der Waals surface area contributed by atoms with Gasteiger partial charge in [-0.2, -0.15) is 13.2 Å². The van der Waals surface area contributed by atoms with Gasteiger partial charge in [0.25, 0.3) is 11.8 Å². The predicted octanol–water partition coefficient (Wildman–Crippen LogP) is 4.95. The molecule has 0 radical (unpaired) electrons. The number of carbonyl (C=O) groups is 2. The Labute approximate surface area is 224 Å². The van der Waals surface area contributed by atoms with Crippen LogP contribution in [0.3, 0.4) is 0 Å². The van der Waals surface area contributed by atoms with E-state index >= 15 is 0 Å². The van der Waals surface area contributed by atoms with E-state index in [1.807, 2.05) is 13.8 Å². The molecule has 1 saturated heterocycles. The van der Waals surface area contributed by atoms with Crippen LogP contribution in [0.25, 0.3) is 10.4 Å². The lowest BCUT2D eigenvalue weighted by Crippen LogP contribution is -2.38. The van der Waals surface area contributed by atoms with E-state index in [1.165, 1.54) is 13.8 Å². The molecule has 2 atom stereocenters. The van der Waals surface area contributed by atoms with Gasteiger partial charge in [-0.05, 0) is 64.9 Å². The lowest BCUT2D eigenvalue weighted by Gasteiger charge is -2.22. The molecular weight excluding hydrogens is 519 g/mol. The molecule has 1 aliphatic heterocycles. The Morgan fingerprint density at radius 1 is 1.26 bits per heavy atom. The number of nitrogens with one attached hydrogen (secondary N) is 2. The molecule has 2 amide bonds. The minimum absolute atomic E-state index is 0.0395. The maximum absolute atomic E-state index is 14.3. The van der Waals surface area contributed by atoms with Gasteiger partial charge in [-0.15, -0.1) is 11.3 Å². The van der Waals surface area contributed by atoms with Gasteiger partial charge in [0.1, 0.15) is 11.5 Å². The van der Waals surface area contributed by atoms with E-state index in [1.54, 1.807) is 4.90 Å². The van der Waals surface area contributed by atoms with Crippen molar-refractivity contribution >= 4 is 29.0 Å². The zero-order valence-electron chi connectivity index (χ0n) is 22.0. The van der Waals surface area contributed by atoms with E-state index in [-0.39, 0.29) is 45.6 Å². The molecule has 208 valence electrons. The van der Waals surface area contributed by atoms with E-state index in [0.717, 1.165) is 44.4 Å². The minimum atomic E-state index is -4.73. The monoisotopic (exact) mass is 553 g/mol. The van der Waals surface area contributed by atoms with E-state index in [2.05, 4.69) is 20.6 Å². The molecule has 2 aliphatic rings. The fraction of sp³-hybridized carbons (Fsp3) is 0.615. The third-order valence-corrected chi connectivity index (χ3v) is 8.02. The van der Waals surface area contributed by atoms with Gasteiger partial charge in [0.05, 0.1) is 16.0 Å². The molecule has 2 aromatic heterocycles. The number of pyridine rings is 1. The summed E-state index contributed by atoms with van der Waals surface area (Å²) in [7, 11) is 0. The van der Waals surface area contributed by atoms with Gasteiger partial charge in [0, 0.05) is 36.9 Å². The number of aromatic nitrogens is 2. The Balaban J connectivity index is 1.76. The topological polar surface area (TPSA) is 107 Å². The lowest BCUT2D eigenvalue weighted by atomic mass is 10.1. The van der Waals surface area contributed by atoms with E-state index < -0.39 is 29.2 Å². The minimum Gasteiger partial charge on any atom is -0.389 e. The Bertz CT molecular complexity index is 1190. The highest BCUT2D eigenvalue weighted by Gasteiger charge is 2.39. The summed E-state index contributed by atoms with van der Waals surface area (Å²) in [6.07, 6.45) is 0.774. The standard InChI is InChI=1S/C26H34F3N5O3S/c1-5-18(15-8-9-15)32-19-11-17(26(27,28)29)16(12-30-19)21-20(24(36)34-10-6-7-14(34)2)33-23(38-21)22(35)31-13-25(3,4)37/h11-12,14-15,18,37H,5-10,13H2,1-4H3,(H,30,32)(H,31,35)/t14-,18-/m0/s1. The van der Waals surface area contributed by atoms with Crippen molar-refractivity contribution in [2.75, 3.05) is 18.4 Å². The number of halogens is 3. The molecule has 8 nitrogen and oxygen atoms in total. The van der Waals surface area contributed by atoms with Crippen LogP contribution < -0.4 is 10.6 Å². The first-order valence-corrected chi connectivity index (χ1v) is 13.8. The largest absolute Gasteiger partial charge is 0.417 e. The number of amides is 2. The summed E-state index contributed by atoms with van der Waals surface area (Å²) in [6, 6.07) is 0.920. The number of likely N-dealkylation sites (tertiary alicyclic amines) is 1. The van der Waals surface area contributed by atoms with Crippen molar-refractivity contribution in [3.8, 4) is 10.4 Å². The van der Waals surface area contributed by atoms with Crippen molar-refractivity contribution in [2.24, 2.45) is 5.92 Å². The Morgan fingerprint density at radius 2 is 1.97 bits per heavy atom. The number of thiazole rings is 1. The highest BCUT2D eigenvalue weighted by Crippen LogP contribution is 2.42. The Hall–Kier alpha value is -2.73. The summed E-state index contributed by atoms with van der Waals surface area (Å²) >= 11 is 0.716. The fourth-order valence-corrected chi connectivity index (χ4v) is 5.68. The second kappa shape index (κ2) is 10.8. The van der Waals surface area contributed by atoms with Crippen molar-refractivity contribution < 1.29 is 27.9 Å². The number of anilines is 1. The number of rotatable bonds is 9. The number of carbonyl (C=O) groups excluding carboxylic acids is 2. The molecule has 2 fully saturated rings. The summed E-state index contributed by atoms with van der Waals surface area (Å²) in [5.41, 5.74) is -2.64. The summed E-state index contributed by atoms with van der Waals surface area (Å²) < 4.78 is 43.0. The highest BCUT2D eigenvalue weighted by atomic mass is 32.1. The summed E-state index contributed by atoms with van der Waals surface area (Å²) in [6.45, 7) is 7.24. The van der Waals surface area contributed by atoms with Gasteiger partial charge < -0.3 is 20.6 Å². The molecule has 12 heteroatoms. The van der Waals surface area contributed by atoms with Crippen molar-refractivity contribution in [2.45, 2.75) is 83.7 Å². The number of hydrogen-bond donors (Lipinski definition) is 3. The molecule has 1 aliphatic carbocycles. The molecule has 2 aromatic rings. The number of alkyl halides is 3. The average Bonchev–Trinajstić information content (AvgIpc) is 3.44. The van der Waals surface area contributed by atoms with Crippen LogP contribution in [0.5, 0.6) is 0 Å². The quantitative estimate of drug-likeness (QED) is 0.406. The first kappa shape index (κ1) is 28.3. The molecule has 0 bridgehead atoms. The molecule has 0 unspecified atom stereocenters. The predicted molar refractivity (Wildman–Crippen MR) is 139 cm³/mol. The highest BCUT2D eigenvalue weighted by molar-refractivity contribution is 7.17. The van der Waals surface area contributed by atoms with Gasteiger partial charge >= 0.3 is 6.18 Å². The summed E-state index contributed by atoms with van der Waals surface area (Å²) in [5, 5.41) is 15.5. The van der Waals surface area contributed by atoms with Gasteiger partial charge in [-0.25, -0.2) is 9.97 Å². The molecule has 0 spiro atoms. The van der Waals surface area contributed by atoms with Crippen molar-refractivity contribution in [1.82, 2.24) is 20.2 Å². The van der Waals surface area contributed by atoms with Crippen molar-refractivity contribution in [3.05, 3.63) is 28.5 Å². The molecule has 3 heterocycles. The van der Waals surface area contributed by atoms with Crippen LogP contribution in [0.4, 0.5) is 19.0 Å². The fourth-order valence-electron chi connectivity index (χ4n) is 4.68. The zero-order valence-corrected chi connectivity index (χ0v) is 22.8. The van der Waals surface area contributed by atoms with Crippen molar-refractivity contribution in [1.29, 1.82) is 0 Å². The first-order chi connectivity index (χ1) is 17.8. The van der Waals surface area contributed by atoms with Crippen molar-refractivity contribution in [3.63, 3.8) is 0 Å². The lowest BCUT2D eigenvalue weighted by molar-refractivity contribution is -0.137. The van der Waals surface area contributed by atoms with Crippen LogP contribution in [0.1, 0.15) is 85.7 Å². The molecule has 1 saturated carbocycles. The maximum atomic E-state index is 14.3. The number of hydrogen-bond acceptors (Lipinski definition) is 7. The third kappa shape index (κ3) is 6.45. The molecule has 38 heavy (non-hydrogen) atoms. The van der Waals surface area contributed by atoms with Crippen LogP contribution in [0.2, 0.25) is 0 Å². The smallest absolute Gasteiger partial charge is 0.389 e. The van der Waals surface area contributed by atoms with Crippen LogP contribution in [0, 0.1) is 5.92 Å². The number of aliphatic hydroxyl groups is 1. The van der Waals surface area contributed by atoms with E-state index in [4.69, 9.17) is 0 Å². The first-order valence-electron chi connectivity index (χ1n) is 12.9. The molecule has 3 N–H and O–H groups in total. The SMILES string of the molecule is CC[C@H](Nc1cc(C(F)(F)F)c(-c2sc(C(=O)NCC(C)(C)O)nc2C(=O)N2CCC[C@@H]2C)cn1)C1CC1. The number of nitrogens with zero attached hydrogens (tertiary/aromatic N) is 3. The van der Waals surface area contributed by atoms with Gasteiger partial charge in [-0.1, -0.05) is 6.92 Å². The normalized spacial score (nSPS) is 18.9. The zero-order chi connectivity index (χ0) is 27.8.